The van der Waals surface area contributed by atoms with Crippen molar-refractivity contribution in [2.45, 2.75) is 24.9 Å². The van der Waals surface area contributed by atoms with Gasteiger partial charge >= 0.3 is 11.4 Å². The Hall–Kier alpha value is -5.04. The predicted octanol–water partition coefficient (Wildman–Crippen LogP) is 2.36. The quantitative estimate of drug-likeness (QED) is 0.292. The first-order chi connectivity index (χ1) is 20.9. The SMILES string of the molecule is COc1cc(OC)c2c(c1Cl)OC1(C(=O)C3=C(CC1C)Nc1[nH]c(=O)[nH]c(=O)c1C3c1ccc3c(c1)n(C)c(=O)n3C)C2=O. The van der Waals surface area contributed by atoms with Crippen LogP contribution in [0.3, 0.4) is 0 Å². The van der Waals surface area contributed by atoms with E-state index in [4.69, 9.17) is 25.8 Å². The van der Waals surface area contributed by atoms with Gasteiger partial charge in [-0.2, -0.15) is 0 Å². The van der Waals surface area contributed by atoms with E-state index in [0.29, 0.717) is 22.3 Å². The molecule has 0 saturated carbocycles. The first-order valence-electron chi connectivity index (χ1n) is 13.7. The molecule has 13 nitrogen and oxygen atoms in total. The second-order valence-electron chi connectivity index (χ2n) is 11.2. The van der Waals surface area contributed by atoms with Gasteiger partial charge in [-0.1, -0.05) is 24.6 Å². The Bertz CT molecular complexity index is 2210. The number of aryl methyl sites for hydroxylation is 2. The van der Waals surface area contributed by atoms with Crippen molar-refractivity contribution < 1.29 is 23.8 Å². The number of fused-ring (bicyclic) bond motifs is 3. The maximum Gasteiger partial charge on any atom is 0.328 e. The largest absolute Gasteiger partial charge is 0.496 e. The molecule has 14 heteroatoms. The molecule has 226 valence electrons. The minimum atomic E-state index is -2.03. The summed E-state index contributed by atoms with van der Waals surface area (Å²) in [7, 11) is 6.05. The molecular weight excluding hydrogens is 594 g/mol. The van der Waals surface area contributed by atoms with Gasteiger partial charge in [-0.3, -0.25) is 33.5 Å². The highest BCUT2D eigenvalue weighted by atomic mass is 35.5. The minimum absolute atomic E-state index is 0.0152. The molecule has 7 rings (SSSR count). The molecule has 0 bridgehead atoms. The van der Waals surface area contributed by atoms with Gasteiger partial charge in [0.15, 0.2) is 5.75 Å². The van der Waals surface area contributed by atoms with Gasteiger partial charge in [0.1, 0.15) is 27.9 Å². The molecule has 0 amide bonds. The zero-order valence-electron chi connectivity index (χ0n) is 24.2. The van der Waals surface area contributed by atoms with E-state index in [1.54, 1.807) is 39.2 Å². The molecule has 4 aromatic rings. The van der Waals surface area contributed by atoms with E-state index >= 15 is 0 Å². The summed E-state index contributed by atoms with van der Waals surface area (Å²) in [5, 5.41) is 3.10. The molecular formula is C30H26ClN5O8. The Balaban J connectivity index is 1.48. The molecule has 0 saturated heterocycles. The number of aromatic nitrogens is 4. The lowest BCUT2D eigenvalue weighted by Gasteiger charge is -2.42. The third-order valence-electron chi connectivity index (χ3n) is 8.99. The lowest BCUT2D eigenvalue weighted by Crippen LogP contribution is -2.58. The van der Waals surface area contributed by atoms with Crippen molar-refractivity contribution >= 4 is 40.0 Å². The zero-order valence-corrected chi connectivity index (χ0v) is 25.0. The van der Waals surface area contributed by atoms with Crippen LogP contribution in [-0.4, -0.2) is 50.5 Å². The lowest BCUT2D eigenvalue weighted by molar-refractivity contribution is -0.130. The Morgan fingerprint density at radius 2 is 1.66 bits per heavy atom. The summed E-state index contributed by atoms with van der Waals surface area (Å²) in [5.41, 5.74) is -1.39. The van der Waals surface area contributed by atoms with Crippen LogP contribution in [0.5, 0.6) is 17.2 Å². The van der Waals surface area contributed by atoms with Crippen LogP contribution in [0.15, 0.2) is 49.9 Å². The van der Waals surface area contributed by atoms with E-state index < -0.39 is 40.3 Å². The van der Waals surface area contributed by atoms with Crippen LogP contribution in [0.1, 0.15) is 40.7 Å². The van der Waals surface area contributed by atoms with Gasteiger partial charge in [0.25, 0.3) is 5.56 Å². The monoisotopic (exact) mass is 619 g/mol. The number of hydrogen-bond donors (Lipinski definition) is 3. The van der Waals surface area contributed by atoms with Crippen molar-refractivity contribution in [3.05, 3.63) is 88.6 Å². The number of halogens is 1. The molecule has 1 spiro atoms. The van der Waals surface area contributed by atoms with Crippen molar-refractivity contribution in [1.82, 2.24) is 19.1 Å². The molecule has 0 fully saturated rings. The highest BCUT2D eigenvalue weighted by molar-refractivity contribution is 6.36. The van der Waals surface area contributed by atoms with Crippen LogP contribution in [-0.2, 0) is 18.9 Å². The van der Waals surface area contributed by atoms with Crippen LogP contribution in [0.4, 0.5) is 5.82 Å². The summed E-state index contributed by atoms with van der Waals surface area (Å²) >= 11 is 6.59. The fraction of sp³-hybridized carbons (Fsp3) is 0.300. The van der Waals surface area contributed by atoms with Crippen LogP contribution in [0.2, 0.25) is 5.02 Å². The number of nitrogens with one attached hydrogen (secondary N) is 3. The number of ketones is 2. The second-order valence-corrected chi connectivity index (χ2v) is 11.6. The van der Waals surface area contributed by atoms with Crippen molar-refractivity contribution in [3.63, 3.8) is 0 Å². The summed E-state index contributed by atoms with van der Waals surface area (Å²) in [5.74, 6) is -2.59. The van der Waals surface area contributed by atoms with Gasteiger partial charge in [0.05, 0.1) is 30.8 Å². The fourth-order valence-electron chi connectivity index (χ4n) is 6.82. The van der Waals surface area contributed by atoms with Gasteiger partial charge in [0.2, 0.25) is 17.2 Å². The van der Waals surface area contributed by atoms with E-state index in [-0.39, 0.29) is 56.9 Å². The Kier molecular flexibility index (Phi) is 5.83. The second kappa shape index (κ2) is 9.23. The molecule has 2 aromatic carbocycles. The number of anilines is 1. The zero-order chi connectivity index (χ0) is 31.4. The number of methoxy groups -OCH3 is 2. The van der Waals surface area contributed by atoms with E-state index in [9.17, 15) is 24.0 Å². The number of allylic oxidation sites excluding steroid dienone is 1. The van der Waals surface area contributed by atoms with Gasteiger partial charge in [0, 0.05) is 43.3 Å². The number of carbonyl (C=O) groups excluding carboxylic acids is 2. The van der Waals surface area contributed by atoms with E-state index in [1.165, 1.54) is 29.4 Å². The topological polar surface area (TPSA) is 167 Å². The number of carbonyl (C=O) groups is 2. The molecule has 2 aromatic heterocycles. The summed E-state index contributed by atoms with van der Waals surface area (Å²) in [6.45, 7) is 1.71. The highest BCUT2D eigenvalue weighted by Crippen LogP contribution is 2.56. The summed E-state index contributed by atoms with van der Waals surface area (Å²) in [4.78, 5) is 72.5. The molecule has 0 radical (unpaired) electrons. The molecule has 3 aliphatic rings. The fourth-order valence-corrected chi connectivity index (χ4v) is 7.09. The molecule has 3 atom stereocenters. The smallest absolute Gasteiger partial charge is 0.328 e. The van der Waals surface area contributed by atoms with Crippen molar-refractivity contribution in [2.24, 2.45) is 20.0 Å². The highest BCUT2D eigenvalue weighted by Gasteiger charge is 2.63. The van der Waals surface area contributed by atoms with Gasteiger partial charge in [-0.15, -0.1) is 0 Å². The predicted molar refractivity (Wildman–Crippen MR) is 159 cm³/mol. The molecule has 3 unspecified atom stereocenters. The first kappa shape index (κ1) is 27.8. The van der Waals surface area contributed by atoms with E-state index in [2.05, 4.69) is 15.3 Å². The van der Waals surface area contributed by atoms with Crippen LogP contribution < -0.4 is 36.5 Å². The van der Waals surface area contributed by atoms with Crippen LogP contribution >= 0.6 is 11.6 Å². The number of aromatic amines is 2. The number of imidazole rings is 1. The summed E-state index contributed by atoms with van der Waals surface area (Å²) < 4.78 is 20.1. The Morgan fingerprint density at radius 3 is 2.36 bits per heavy atom. The number of Topliss-reactive ketones (excluding diaryl/α,β-unsaturated/α-hetero) is 2. The number of rotatable bonds is 3. The molecule has 4 heterocycles. The van der Waals surface area contributed by atoms with E-state index in [1.807, 2.05) is 0 Å². The standard InChI is InChI=1S/C30H26ClN5O8/c1-11-8-13-19(24(37)30(11)25(38)20-16(42-4)10-17(43-5)22(31)23(20)44-30)18(21-26(32-13)33-28(40)34-27(21)39)12-6-7-14-15(9-12)36(3)29(41)35(14)2/h6-7,9-11,18H,8H2,1-5H3,(H3,32,33,34,39,40). The number of hydrogen-bond acceptors (Lipinski definition) is 9. The summed E-state index contributed by atoms with van der Waals surface area (Å²) in [6.07, 6.45) is 0.148. The van der Waals surface area contributed by atoms with Gasteiger partial charge in [-0.05, 0) is 24.1 Å². The van der Waals surface area contributed by atoms with Crippen molar-refractivity contribution in [3.8, 4) is 17.2 Å². The average molecular weight is 620 g/mol. The third-order valence-corrected chi connectivity index (χ3v) is 9.35. The molecule has 3 N–H and O–H groups in total. The van der Waals surface area contributed by atoms with Crippen LogP contribution in [0.25, 0.3) is 11.0 Å². The molecule has 44 heavy (non-hydrogen) atoms. The number of benzene rings is 2. The van der Waals surface area contributed by atoms with E-state index in [0.717, 1.165) is 0 Å². The third kappa shape index (κ3) is 3.38. The first-order valence-corrected chi connectivity index (χ1v) is 14.1. The van der Waals surface area contributed by atoms with Crippen molar-refractivity contribution in [1.29, 1.82) is 0 Å². The summed E-state index contributed by atoms with van der Waals surface area (Å²) in [6, 6.07) is 6.62. The maximum absolute atomic E-state index is 14.9. The average Bonchev–Trinajstić information content (AvgIpc) is 3.42. The number of ether oxygens (including phenoxy) is 3. The van der Waals surface area contributed by atoms with Gasteiger partial charge < -0.3 is 19.5 Å². The molecule has 1 aliphatic carbocycles. The minimum Gasteiger partial charge on any atom is -0.496 e. The normalized spacial score (nSPS) is 22.0. The Labute approximate surface area is 253 Å². The number of nitrogens with zero attached hydrogens (tertiary/aromatic N) is 2. The maximum atomic E-state index is 14.9. The van der Waals surface area contributed by atoms with Crippen LogP contribution in [0, 0.1) is 5.92 Å². The Morgan fingerprint density at radius 1 is 0.955 bits per heavy atom. The molecule has 2 aliphatic heterocycles. The van der Waals surface area contributed by atoms with Gasteiger partial charge in [-0.25, -0.2) is 9.59 Å². The van der Waals surface area contributed by atoms with Crippen molar-refractivity contribution in [2.75, 3.05) is 19.5 Å². The lowest BCUT2D eigenvalue weighted by atomic mass is 9.66. The number of H-pyrrole nitrogens is 2.